The summed E-state index contributed by atoms with van der Waals surface area (Å²) in [6, 6.07) is 7.74. The van der Waals surface area contributed by atoms with Crippen LogP contribution >= 0.6 is 12.2 Å². The number of hydrazone groups is 1. The first kappa shape index (κ1) is 17.9. The topological polar surface area (TPSA) is 96.9 Å². The largest absolute Gasteiger partial charge is 0.494 e. The summed E-state index contributed by atoms with van der Waals surface area (Å²) in [4.78, 5) is 10.4. The Bertz CT molecular complexity index is 529. The van der Waals surface area contributed by atoms with E-state index in [0.29, 0.717) is 13.0 Å². The van der Waals surface area contributed by atoms with Crippen LogP contribution in [0.4, 0.5) is 0 Å². The Morgan fingerprint density at radius 2 is 2.05 bits per heavy atom. The van der Waals surface area contributed by atoms with Crippen molar-refractivity contribution in [2.24, 2.45) is 10.8 Å². The van der Waals surface area contributed by atoms with Gasteiger partial charge in [-0.05, 0) is 56.1 Å². The van der Waals surface area contributed by atoms with Crippen LogP contribution < -0.4 is 15.9 Å². The fourth-order valence-electron chi connectivity index (χ4n) is 1.70. The molecular weight excluding hydrogens is 302 g/mol. The van der Waals surface area contributed by atoms with Crippen LogP contribution in [0.5, 0.6) is 5.75 Å². The number of thiocarbonyl (C=S) groups is 1. The first-order valence-electron chi connectivity index (χ1n) is 6.99. The molecule has 0 unspecified atom stereocenters. The van der Waals surface area contributed by atoms with Crippen LogP contribution in [0.15, 0.2) is 29.4 Å². The number of carbonyl (C=O) groups is 1. The van der Waals surface area contributed by atoms with Crippen LogP contribution in [0.1, 0.15) is 31.7 Å². The quantitative estimate of drug-likeness (QED) is 0.279. The molecule has 0 aromatic heterocycles. The van der Waals surface area contributed by atoms with Crippen molar-refractivity contribution in [3.63, 3.8) is 0 Å². The number of hydrogen-bond acceptors (Lipinski definition) is 4. The summed E-state index contributed by atoms with van der Waals surface area (Å²) in [5.74, 6) is -0.0597. The standard InChI is InChI=1S/C15H21N3O3S/c1-11(17-18-15(16)22)4-5-12-6-8-13(9-7-12)21-10-2-3-14(19)20/h6-9H,2-5,10H2,1H3,(H,19,20)(H3,16,18,22)/b17-11+. The van der Waals surface area contributed by atoms with E-state index in [4.69, 9.17) is 15.6 Å². The maximum atomic E-state index is 10.4. The number of nitrogens with two attached hydrogens (primary N) is 1. The predicted octanol–water partition coefficient (Wildman–Crippen LogP) is 2.07. The molecule has 6 nitrogen and oxygen atoms in total. The van der Waals surface area contributed by atoms with Gasteiger partial charge in [0.15, 0.2) is 5.11 Å². The SMILES string of the molecule is C/C(CCc1ccc(OCCCC(=O)O)cc1)=N\NC(N)=S. The number of carboxylic acids is 1. The molecule has 0 heterocycles. The van der Waals surface area contributed by atoms with Crippen molar-refractivity contribution >= 4 is 29.0 Å². The number of nitrogens with one attached hydrogen (secondary N) is 1. The Labute approximate surface area is 135 Å². The number of carboxylic acid groups (broad SMARTS) is 1. The summed E-state index contributed by atoms with van der Waals surface area (Å²) in [6.45, 7) is 2.31. The Morgan fingerprint density at radius 3 is 2.64 bits per heavy atom. The van der Waals surface area contributed by atoms with Crippen LogP contribution in [-0.2, 0) is 11.2 Å². The van der Waals surface area contributed by atoms with Gasteiger partial charge in [0.05, 0.1) is 6.61 Å². The number of hydrogen-bond donors (Lipinski definition) is 3. The van der Waals surface area contributed by atoms with E-state index in [1.165, 1.54) is 5.56 Å². The van der Waals surface area contributed by atoms with E-state index in [1.54, 1.807) is 0 Å². The maximum absolute atomic E-state index is 10.4. The van der Waals surface area contributed by atoms with Crippen molar-refractivity contribution in [3.8, 4) is 5.75 Å². The summed E-state index contributed by atoms with van der Waals surface area (Å²) in [6.07, 6.45) is 2.28. The van der Waals surface area contributed by atoms with Crippen molar-refractivity contribution in [1.82, 2.24) is 5.43 Å². The Hall–Kier alpha value is -2.15. The molecule has 0 aliphatic rings. The molecule has 0 saturated heterocycles. The lowest BCUT2D eigenvalue weighted by Crippen LogP contribution is -2.25. The van der Waals surface area contributed by atoms with E-state index >= 15 is 0 Å². The fourth-order valence-corrected chi connectivity index (χ4v) is 1.74. The van der Waals surface area contributed by atoms with Crippen LogP contribution in [0.2, 0.25) is 0 Å². The predicted molar refractivity (Wildman–Crippen MR) is 90.2 cm³/mol. The second-order valence-electron chi connectivity index (χ2n) is 4.81. The first-order chi connectivity index (χ1) is 10.5. The van der Waals surface area contributed by atoms with Crippen molar-refractivity contribution in [1.29, 1.82) is 0 Å². The van der Waals surface area contributed by atoms with Crippen molar-refractivity contribution < 1.29 is 14.6 Å². The normalized spacial score (nSPS) is 11.0. The first-order valence-corrected chi connectivity index (χ1v) is 7.40. The third-order valence-corrected chi connectivity index (χ3v) is 2.95. The number of nitrogens with zero attached hydrogens (tertiary/aromatic N) is 1. The summed E-state index contributed by atoms with van der Waals surface area (Å²) in [5, 5.41) is 12.7. The van der Waals surface area contributed by atoms with Crippen LogP contribution in [0.3, 0.4) is 0 Å². The summed E-state index contributed by atoms with van der Waals surface area (Å²) >= 11 is 4.68. The lowest BCUT2D eigenvalue weighted by molar-refractivity contribution is -0.137. The highest BCUT2D eigenvalue weighted by atomic mass is 32.1. The van der Waals surface area contributed by atoms with Gasteiger partial charge in [0.25, 0.3) is 0 Å². The molecule has 0 radical (unpaired) electrons. The Morgan fingerprint density at radius 1 is 1.36 bits per heavy atom. The zero-order valence-electron chi connectivity index (χ0n) is 12.5. The Kier molecular flexibility index (Phi) is 7.91. The monoisotopic (exact) mass is 323 g/mol. The van der Waals surface area contributed by atoms with Crippen molar-refractivity contribution in [3.05, 3.63) is 29.8 Å². The van der Waals surface area contributed by atoms with E-state index in [9.17, 15) is 4.79 Å². The van der Waals surface area contributed by atoms with E-state index in [-0.39, 0.29) is 11.5 Å². The third kappa shape index (κ3) is 8.21. The molecule has 7 heteroatoms. The van der Waals surface area contributed by atoms with Crippen molar-refractivity contribution in [2.45, 2.75) is 32.6 Å². The van der Waals surface area contributed by atoms with Gasteiger partial charge in [-0.15, -0.1) is 0 Å². The molecule has 0 atom stereocenters. The Balaban J connectivity index is 2.33. The molecule has 0 spiro atoms. The number of aryl methyl sites for hydroxylation is 1. The highest BCUT2D eigenvalue weighted by molar-refractivity contribution is 7.80. The third-order valence-electron chi connectivity index (χ3n) is 2.86. The maximum Gasteiger partial charge on any atom is 0.303 e. The second-order valence-corrected chi connectivity index (χ2v) is 5.25. The summed E-state index contributed by atoms with van der Waals surface area (Å²) in [5.41, 5.74) is 9.95. The molecule has 0 bridgehead atoms. The zero-order chi connectivity index (χ0) is 16.4. The summed E-state index contributed by atoms with van der Waals surface area (Å²) < 4.78 is 5.48. The molecular formula is C15H21N3O3S. The molecule has 1 rings (SSSR count). The summed E-state index contributed by atoms with van der Waals surface area (Å²) in [7, 11) is 0. The minimum Gasteiger partial charge on any atom is -0.494 e. The molecule has 22 heavy (non-hydrogen) atoms. The average molecular weight is 323 g/mol. The molecule has 0 saturated carbocycles. The van der Waals surface area contributed by atoms with Gasteiger partial charge in [-0.1, -0.05) is 12.1 Å². The highest BCUT2D eigenvalue weighted by Gasteiger charge is 2.00. The number of ether oxygens (including phenoxy) is 1. The minimum absolute atomic E-state index is 0.122. The zero-order valence-corrected chi connectivity index (χ0v) is 13.4. The molecule has 1 aromatic carbocycles. The van der Waals surface area contributed by atoms with Gasteiger partial charge < -0.3 is 15.6 Å². The molecule has 120 valence electrons. The van der Waals surface area contributed by atoms with Gasteiger partial charge in [-0.2, -0.15) is 5.10 Å². The van der Waals surface area contributed by atoms with Gasteiger partial charge in [0.2, 0.25) is 0 Å². The van der Waals surface area contributed by atoms with Gasteiger partial charge in [-0.25, -0.2) is 0 Å². The molecule has 0 fully saturated rings. The van der Waals surface area contributed by atoms with Gasteiger partial charge in [0, 0.05) is 12.1 Å². The van der Waals surface area contributed by atoms with Gasteiger partial charge in [0.1, 0.15) is 5.75 Å². The fraction of sp³-hybridized carbons (Fsp3) is 0.400. The van der Waals surface area contributed by atoms with Gasteiger partial charge >= 0.3 is 5.97 Å². The van der Waals surface area contributed by atoms with Gasteiger partial charge in [-0.3, -0.25) is 10.2 Å². The molecule has 1 aromatic rings. The smallest absolute Gasteiger partial charge is 0.303 e. The van der Waals surface area contributed by atoms with Crippen LogP contribution in [0.25, 0.3) is 0 Å². The highest BCUT2D eigenvalue weighted by Crippen LogP contribution is 2.14. The minimum atomic E-state index is -0.805. The van der Waals surface area contributed by atoms with Crippen LogP contribution in [0, 0.1) is 0 Å². The van der Waals surface area contributed by atoms with E-state index in [2.05, 4.69) is 22.7 Å². The van der Waals surface area contributed by atoms with E-state index in [0.717, 1.165) is 24.3 Å². The molecule has 0 aliphatic heterocycles. The lowest BCUT2D eigenvalue weighted by Gasteiger charge is -2.07. The molecule has 0 aliphatic carbocycles. The van der Waals surface area contributed by atoms with E-state index in [1.807, 2.05) is 31.2 Å². The molecule has 4 N–H and O–H groups in total. The average Bonchev–Trinajstić information content (AvgIpc) is 2.48. The van der Waals surface area contributed by atoms with Crippen LogP contribution in [-0.4, -0.2) is 28.5 Å². The second kappa shape index (κ2) is 9.73. The van der Waals surface area contributed by atoms with E-state index < -0.39 is 5.97 Å². The number of aliphatic carboxylic acids is 1. The lowest BCUT2D eigenvalue weighted by atomic mass is 10.1. The number of rotatable bonds is 9. The van der Waals surface area contributed by atoms with Crippen molar-refractivity contribution in [2.75, 3.05) is 6.61 Å². The molecule has 0 amide bonds. The number of benzene rings is 1.